The molecule has 0 radical (unpaired) electrons. The molecule has 1 aromatic heterocycles. The van der Waals surface area contributed by atoms with Crippen molar-refractivity contribution in [3.8, 4) is 28.8 Å². The number of halogens is 1. The standard InChI is InChI=1S/C23H23ClN4O6/c1-27-16(12-9-17(32-2)20(34-4)18(10-12)33-3)11-15(26-27)19-21(29)25-23(31)28(22(19)30)14-7-5-13(24)6-8-14/h5-10,16,30H,11H2,1-4H3,(H,25,29,31)/t16-/m1/s1. The number of aromatic nitrogens is 2. The molecule has 0 amide bonds. The van der Waals surface area contributed by atoms with Crippen molar-refractivity contribution in [2.24, 2.45) is 5.10 Å². The van der Waals surface area contributed by atoms with Crippen LogP contribution in [0.3, 0.4) is 0 Å². The molecule has 10 nitrogen and oxygen atoms in total. The molecule has 11 heteroatoms. The third-order valence-corrected chi connectivity index (χ3v) is 5.90. The van der Waals surface area contributed by atoms with E-state index < -0.39 is 17.1 Å². The summed E-state index contributed by atoms with van der Waals surface area (Å²) in [5.74, 6) is 0.916. The summed E-state index contributed by atoms with van der Waals surface area (Å²) in [5, 5.41) is 17.6. The monoisotopic (exact) mass is 486 g/mol. The second-order valence-electron chi connectivity index (χ2n) is 7.57. The van der Waals surface area contributed by atoms with Gasteiger partial charge in [-0.3, -0.25) is 14.8 Å². The number of nitrogens with zero attached hydrogens (tertiary/aromatic N) is 3. The predicted molar refractivity (Wildman–Crippen MR) is 127 cm³/mol. The summed E-state index contributed by atoms with van der Waals surface area (Å²) in [6, 6.07) is 9.60. The molecule has 0 unspecified atom stereocenters. The lowest BCUT2D eigenvalue weighted by atomic mass is 9.98. The lowest BCUT2D eigenvalue weighted by Crippen LogP contribution is -2.33. The fraction of sp³-hybridized carbons (Fsp3) is 0.261. The van der Waals surface area contributed by atoms with Crippen molar-refractivity contribution in [1.29, 1.82) is 0 Å². The summed E-state index contributed by atoms with van der Waals surface area (Å²) in [6.07, 6.45) is 0.282. The van der Waals surface area contributed by atoms with E-state index in [-0.39, 0.29) is 18.0 Å². The Kier molecular flexibility index (Phi) is 6.25. The molecule has 34 heavy (non-hydrogen) atoms. The molecule has 0 saturated carbocycles. The summed E-state index contributed by atoms with van der Waals surface area (Å²) >= 11 is 5.93. The van der Waals surface area contributed by atoms with Crippen molar-refractivity contribution in [3.05, 3.63) is 73.4 Å². The number of benzene rings is 2. The van der Waals surface area contributed by atoms with Gasteiger partial charge in [0.05, 0.1) is 38.8 Å². The predicted octanol–water partition coefficient (Wildman–Crippen LogP) is 2.69. The second-order valence-corrected chi connectivity index (χ2v) is 8.01. The molecule has 0 aliphatic carbocycles. The first-order chi connectivity index (χ1) is 16.3. The minimum Gasteiger partial charge on any atom is -0.493 e. The first-order valence-electron chi connectivity index (χ1n) is 10.2. The van der Waals surface area contributed by atoms with Gasteiger partial charge in [0.15, 0.2) is 11.5 Å². The minimum absolute atomic E-state index is 0.0867. The summed E-state index contributed by atoms with van der Waals surface area (Å²) in [7, 11) is 6.33. The number of hydrazone groups is 1. The van der Waals surface area contributed by atoms with E-state index in [1.54, 1.807) is 48.5 Å². The fourth-order valence-corrected chi connectivity index (χ4v) is 4.14. The zero-order chi connectivity index (χ0) is 24.6. The molecular formula is C23H23ClN4O6. The highest BCUT2D eigenvalue weighted by molar-refractivity contribution is 6.30. The molecule has 2 N–H and O–H groups in total. The molecule has 0 saturated heterocycles. The van der Waals surface area contributed by atoms with Gasteiger partial charge < -0.3 is 19.3 Å². The van der Waals surface area contributed by atoms with E-state index in [1.165, 1.54) is 21.3 Å². The average Bonchev–Trinajstić information content (AvgIpc) is 3.19. The highest BCUT2D eigenvalue weighted by atomic mass is 35.5. The molecule has 1 aliphatic rings. The number of rotatable bonds is 6. The van der Waals surface area contributed by atoms with Crippen LogP contribution in [0.2, 0.25) is 5.02 Å². The van der Waals surface area contributed by atoms with Crippen LogP contribution >= 0.6 is 11.6 Å². The van der Waals surface area contributed by atoms with Crippen LogP contribution in [0, 0.1) is 0 Å². The Morgan fingerprint density at radius 2 is 1.68 bits per heavy atom. The van der Waals surface area contributed by atoms with Gasteiger partial charge in [0.25, 0.3) is 5.56 Å². The van der Waals surface area contributed by atoms with Gasteiger partial charge in [-0.05, 0) is 42.0 Å². The maximum Gasteiger partial charge on any atom is 0.335 e. The van der Waals surface area contributed by atoms with E-state index in [1.807, 2.05) is 0 Å². The Labute approximate surface area is 199 Å². The van der Waals surface area contributed by atoms with Gasteiger partial charge >= 0.3 is 5.69 Å². The SMILES string of the molecule is COc1cc([C@H]2CC(c3c(O)n(-c4ccc(Cl)cc4)c(=O)[nH]c3=O)=NN2C)cc(OC)c1OC. The van der Waals surface area contributed by atoms with E-state index in [9.17, 15) is 14.7 Å². The van der Waals surface area contributed by atoms with E-state index in [0.717, 1.165) is 10.1 Å². The quantitative estimate of drug-likeness (QED) is 0.550. The van der Waals surface area contributed by atoms with Crippen LogP contribution in [0.4, 0.5) is 0 Å². The number of H-pyrrole nitrogens is 1. The summed E-state index contributed by atoms with van der Waals surface area (Å²) in [6.45, 7) is 0. The number of hydrogen-bond acceptors (Lipinski definition) is 8. The molecule has 2 aromatic carbocycles. The van der Waals surface area contributed by atoms with E-state index in [2.05, 4.69) is 10.1 Å². The Morgan fingerprint density at radius 3 is 2.24 bits per heavy atom. The number of methoxy groups -OCH3 is 3. The van der Waals surface area contributed by atoms with Crippen LogP contribution in [0.5, 0.6) is 23.1 Å². The van der Waals surface area contributed by atoms with Gasteiger partial charge in [0.1, 0.15) is 5.56 Å². The van der Waals surface area contributed by atoms with Crippen molar-refractivity contribution in [2.75, 3.05) is 28.4 Å². The molecule has 0 spiro atoms. The van der Waals surface area contributed by atoms with E-state index in [4.69, 9.17) is 25.8 Å². The number of aromatic amines is 1. The third-order valence-electron chi connectivity index (χ3n) is 5.65. The summed E-state index contributed by atoms with van der Waals surface area (Å²) < 4.78 is 17.3. The third kappa shape index (κ3) is 3.96. The van der Waals surface area contributed by atoms with E-state index in [0.29, 0.717) is 33.7 Å². The molecule has 4 rings (SSSR count). The zero-order valence-electron chi connectivity index (χ0n) is 19.0. The normalized spacial score (nSPS) is 15.3. The number of ether oxygens (including phenoxy) is 3. The maximum atomic E-state index is 12.7. The van der Waals surface area contributed by atoms with Crippen LogP contribution in [0.25, 0.3) is 5.69 Å². The fourth-order valence-electron chi connectivity index (χ4n) is 4.01. The van der Waals surface area contributed by atoms with Crippen LogP contribution in [-0.2, 0) is 0 Å². The molecule has 0 fully saturated rings. The number of hydrogen-bond donors (Lipinski definition) is 2. The zero-order valence-corrected chi connectivity index (χ0v) is 19.7. The molecule has 0 bridgehead atoms. The van der Waals surface area contributed by atoms with Crippen molar-refractivity contribution in [1.82, 2.24) is 14.6 Å². The Hall–Kier alpha value is -3.92. The van der Waals surface area contributed by atoms with Crippen LogP contribution in [0.1, 0.15) is 23.6 Å². The van der Waals surface area contributed by atoms with Gasteiger partial charge in [-0.15, -0.1) is 0 Å². The topological polar surface area (TPSA) is 118 Å². The number of nitrogens with one attached hydrogen (secondary N) is 1. The molecular weight excluding hydrogens is 464 g/mol. The first-order valence-corrected chi connectivity index (χ1v) is 10.6. The van der Waals surface area contributed by atoms with Crippen molar-refractivity contribution in [2.45, 2.75) is 12.5 Å². The van der Waals surface area contributed by atoms with Crippen molar-refractivity contribution in [3.63, 3.8) is 0 Å². The Balaban J connectivity index is 1.77. The Bertz CT molecular complexity index is 1350. The molecule has 178 valence electrons. The van der Waals surface area contributed by atoms with Gasteiger partial charge in [-0.1, -0.05) is 11.6 Å². The number of aromatic hydroxyl groups is 1. The molecule has 2 heterocycles. The molecule has 1 aliphatic heterocycles. The second kappa shape index (κ2) is 9.14. The summed E-state index contributed by atoms with van der Waals surface area (Å²) in [5.41, 5.74) is -0.124. The first kappa shape index (κ1) is 23.2. The van der Waals surface area contributed by atoms with Gasteiger partial charge in [-0.2, -0.15) is 5.10 Å². The van der Waals surface area contributed by atoms with Crippen LogP contribution in [0.15, 0.2) is 51.1 Å². The molecule has 3 aromatic rings. The minimum atomic E-state index is -0.776. The van der Waals surface area contributed by atoms with Crippen LogP contribution < -0.4 is 25.5 Å². The lowest BCUT2D eigenvalue weighted by Gasteiger charge is -2.21. The van der Waals surface area contributed by atoms with Gasteiger partial charge in [-0.25, -0.2) is 9.36 Å². The average molecular weight is 487 g/mol. The largest absolute Gasteiger partial charge is 0.493 e. The van der Waals surface area contributed by atoms with Crippen molar-refractivity contribution < 1.29 is 19.3 Å². The van der Waals surface area contributed by atoms with Gasteiger partial charge in [0, 0.05) is 18.5 Å². The van der Waals surface area contributed by atoms with Gasteiger partial charge in [0.2, 0.25) is 11.6 Å². The summed E-state index contributed by atoms with van der Waals surface area (Å²) in [4.78, 5) is 27.5. The maximum absolute atomic E-state index is 12.7. The van der Waals surface area contributed by atoms with Crippen molar-refractivity contribution >= 4 is 17.3 Å². The van der Waals surface area contributed by atoms with Crippen LogP contribution in [-0.4, -0.2) is 53.8 Å². The smallest absolute Gasteiger partial charge is 0.335 e. The highest BCUT2D eigenvalue weighted by Gasteiger charge is 2.32. The van der Waals surface area contributed by atoms with E-state index >= 15 is 0 Å². The highest BCUT2D eigenvalue weighted by Crippen LogP contribution is 2.42. The Morgan fingerprint density at radius 1 is 1.06 bits per heavy atom. The lowest BCUT2D eigenvalue weighted by molar-refractivity contribution is 0.284. The molecule has 1 atom stereocenters.